The number of aromatic nitrogens is 1. The number of fused-ring (bicyclic) bond motifs is 1. The maximum Gasteiger partial charge on any atom is 0.140 e. The maximum atomic E-state index is 5.88. The van der Waals surface area contributed by atoms with Gasteiger partial charge in [0, 0.05) is 11.4 Å². The number of ether oxygens (including phenoxy) is 1. The van der Waals surface area contributed by atoms with Crippen LogP contribution in [0.25, 0.3) is 0 Å². The Morgan fingerprint density at radius 3 is 3.05 bits per heavy atom. The van der Waals surface area contributed by atoms with Gasteiger partial charge in [0.25, 0.3) is 0 Å². The molecule has 1 N–H and O–H groups in total. The molecule has 0 radical (unpaired) electrons. The molecule has 0 fully saturated rings. The Hall–Kier alpha value is -1.55. The number of hydrogen-bond donors (Lipinski definition) is 1. The highest BCUT2D eigenvalue weighted by Gasteiger charge is 2.14. The van der Waals surface area contributed by atoms with E-state index < -0.39 is 0 Å². The van der Waals surface area contributed by atoms with Gasteiger partial charge >= 0.3 is 0 Å². The van der Waals surface area contributed by atoms with Gasteiger partial charge in [-0.05, 0) is 38.3 Å². The van der Waals surface area contributed by atoms with Gasteiger partial charge in [0.05, 0.1) is 0 Å². The zero-order valence-corrected chi connectivity index (χ0v) is 12.1. The van der Waals surface area contributed by atoms with Gasteiger partial charge in [0.1, 0.15) is 23.2 Å². The van der Waals surface area contributed by atoms with E-state index in [1.165, 1.54) is 22.4 Å². The van der Waals surface area contributed by atoms with E-state index in [1.54, 1.807) is 11.3 Å². The van der Waals surface area contributed by atoms with E-state index in [9.17, 15) is 0 Å². The van der Waals surface area contributed by atoms with Crippen molar-refractivity contribution in [3.8, 4) is 5.75 Å². The highest BCUT2D eigenvalue weighted by atomic mass is 32.1. The van der Waals surface area contributed by atoms with Gasteiger partial charge in [-0.3, -0.25) is 0 Å². The van der Waals surface area contributed by atoms with Crippen LogP contribution in [0.1, 0.15) is 27.4 Å². The van der Waals surface area contributed by atoms with Crippen LogP contribution in [0.2, 0.25) is 0 Å². The first-order valence-electron chi connectivity index (χ1n) is 6.65. The Bertz CT molecular complexity index is 568. The van der Waals surface area contributed by atoms with Gasteiger partial charge in [-0.2, -0.15) is 0 Å². The summed E-state index contributed by atoms with van der Waals surface area (Å²) < 4.78 is 5.88. The van der Waals surface area contributed by atoms with Crippen LogP contribution in [0.15, 0.2) is 18.2 Å². The van der Waals surface area contributed by atoms with Crippen LogP contribution in [-0.4, -0.2) is 11.5 Å². The number of thiazole rings is 1. The minimum absolute atomic E-state index is 0.559. The second kappa shape index (κ2) is 5.21. The van der Waals surface area contributed by atoms with Crippen LogP contribution >= 0.6 is 11.3 Å². The maximum absolute atomic E-state index is 5.88. The Balaban J connectivity index is 1.70. The van der Waals surface area contributed by atoms with Gasteiger partial charge in [-0.25, -0.2) is 4.98 Å². The molecule has 1 aliphatic heterocycles. The third kappa shape index (κ3) is 2.73. The molecule has 3 nitrogen and oxygen atoms in total. The van der Waals surface area contributed by atoms with E-state index in [0.717, 1.165) is 29.5 Å². The molecule has 0 amide bonds. The second-order valence-electron chi connectivity index (χ2n) is 4.97. The lowest BCUT2D eigenvalue weighted by atomic mass is 10.1. The Morgan fingerprint density at radius 1 is 1.37 bits per heavy atom. The van der Waals surface area contributed by atoms with Crippen molar-refractivity contribution in [3.63, 3.8) is 0 Å². The molecule has 0 saturated heterocycles. The normalized spacial score (nSPS) is 13.8. The summed E-state index contributed by atoms with van der Waals surface area (Å²) in [5.74, 6) is 2.02. The first kappa shape index (κ1) is 12.5. The summed E-state index contributed by atoms with van der Waals surface area (Å²) in [6.45, 7) is 5.77. The number of nitrogens with one attached hydrogen (secondary N) is 1. The van der Waals surface area contributed by atoms with Gasteiger partial charge in [-0.15, -0.1) is 11.3 Å². The third-order valence-corrected chi connectivity index (χ3v) is 4.38. The van der Waals surface area contributed by atoms with E-state index in [2.05, 4.69) is 36.3 Å². The highest BCUT2D eigenvalue weighted by Crippen LogP contribution is 2.28. The Morgan fingerprint density at radius 2 is 2.26 bits per heavy atom. The molecular formula is C15H18N2OS. The van der Waals surface area contributed by atoms with E-state index >= 15 is 0 Å². The molecule has 0 spiro atoms. The minimum Gasteiger partial charge on any atom is -0.486 e. The fourth-order valence-corrected chi connectivity index (χ4v) is 3.33. The van der Waals surface area contributed by atoms with Gasteiger partial charge in [0.2, 0.25) is 0 Å². The van der Waals surface area contributed by atoms with E-state index in [4.69, 9.17) is 4.74 Å². The zero-order valence-electron chi connectivity index (χ0n) is 11.3. The van der Waals surface area contributed by atoms with Crippen molar-refractivity contribution in [2.24, 2.45) is 0 Å². The standard InChI is InChI=1S/C15H18N2OS/c1-10-5-6-12(11(2)8-10)18-9-14-17-15-13(19-14)4-3-7-16-15/h5-6,8,16H,3-4,7,9H2,1-2H3. The number of benzene rings is 1. The molecule has 19 heavy (non-hydrogen) atoms. The third-order valence-electron chi connectivity index (χ3n) is 3.30. The monoisotopic (exact) mass is 274 g/mol. The Kier molecular flexibility index (Phi) is 3.42. The fraction of sp³-hybridized carbons (Fsp3) is 0.400. The summed E-state index contributed by atoms with van der Waals surface area (Å²) in [6, 6.07) is 6.26. The van der Waals surface area contributed by atoms with E-state index in [-0.39, 0.29) is 0 Å². The van der Waals surface area contributed by atoms with E-state index in [0.29, 0.717) is 6.61 Å². The van der Waals surface area contributed by atoms with Gasteiger partial charge in [0.15, 0.2) is 0 Å². The molecule has 1 aromatic carbocycles. The molecule has 1 aromatic heterocycles. The molecule has 0 aliphatic carbocycles. The second-order valence-corrected chi connectivity index (χ2v) is 6.14. The SMILES string of the molecule is Cc1ccc(OCc2nc3c(s2)CCCN3)c(C)c1. The van der Waals surface area contributed by atoms with Crippen molar-refractivity contribution in [1.82, 2.24) is 4.98 Å². The fourth-order valence-electron chi connectivity index (χ4n) is 2.33. The van der Waals surface area contributed by atoms with Gasteiger partial charge in [-0.1, -0.05) is 17.7 Å². The molecule has 1 aliphatic rings. The molecule has 3 rings (SSSR count). The van der Waals surface area contributed by atoms with Crippen LogP contribution in [0.3, 0.4) is 0 Å². The van der Waals surface area contributed by atoms with Crippen LogP contribution < -0.4 is 10.1 Å². The topological polar surface area (TPSA) is 34.1 Å². The van der Waals surface area contributed by atoms with Gasteiger partial charge < -0.3 is 10.1 Å². The molecule has 4 heteroatoms. The average molecular weight is 274 g/mol. The van der Waals surface area contributed by atoms with Crippen LogP contribution in [0, 0.1) is 13.8 Å². The van der Waals surface area contributed by atoms with Crippen molar-refractivity contribution in [2.45, 2.75) is 33.3 Å². The number of rotatable bonds is 3. The largest absolute Gasteiger partial charge is 0.486 e. The van der Waals surface area contributed by atoms with Crippen LogP contribution in [0.5, 0.6) is 5.75 Å². The molecule has 0 bridgehead atoms. The first-order valence-corrected chi connectivity index (χ1v) is 7.46. The highest BCUT2D eigenvalue weighted by molar-refractivity contribution is 7.12. The summed E-state index contributed by atoms with van der Waals surface area (Å²) in [4.78, 5) is 5.96. The first-order chi connectivity index (χ1) is 9.22. The lowest BCUT2D eigenvalue weighted by Gasteiger charge is -2.10. The molecule has 0 unspecified atom stereocenters. The van der Waals surface area contributed by atoms with Crippen LogP contribution in [-0.2, 0) is 13.0 Å². The van der Waals surface area contributed by atoms with Crippen LogP contribution in [0.4, 0.5) is 5.82 Å². The summed E-state index contributed by atoms with van der Waals surface area (Å²) in [7, 11) is 0. The lowest BCUT2D eigenvalue weighted by Crippen LogP contribution is -2.10. The quantitative estimate of drug-likeness (QED) is 0.926. The molecular weight excluding hydrogens is 256 g/mol. The number of aryl methyl sites for hydroxylation is 3. The number of nitrogens with zero attached hydrogens (tertiary/aromatic N) is 1. The summed E-state index contributed by atoms with van der Waals surface area (Å²) >= 11 is 1.76. The molecule has 2 aromatic rings. The number of anilines is 1. The smallest absolute Gasteiger partial charge is 0.140 e. The minimum atomic E-state index is 0.559. The van der Waals surface area contributed by atoms with Crippen molar-refractivity contribution in [3.05, 3.63) is 39.2 Å². The molecule has 0 saturated carbocycles. The predicted molar refractivity (Wildman–Crippen MR) is 79.2 cm³/mol. The lowest BCUT2D eigenvalue weighted by molar-refractivity contribution is 0.303. The molecule has 100 valence electrons. The van der Waals surface area contributed by atoms with Crippen molar-refractivity contribution < 1.29 is 4.74 Å². The summed E-state index contributed by atoms with van der Waals surface area (Å²) in [5, 5.41) is 4.40. The van der Waals surface area contributed by atoms with Crippen molar-refractivity contribution >= 4 is 17.2 Å². The van der Waals surface area contributed by atoms with E-state index in [1.807, 2.05) is 6.07 Å². The summed E-state index contributed by atoms with van der Waals surface area (Å²) in [5.41, 5.74) is 2.44. The Labute approximate surface area is 117 Å². The molecule has 0 atom stereocenters. The van der Waals surface area contributed by atoms with Crippen molar-refractivity contribution in [2.75, 3.05) is 11.9 Å². The zero-order chi connectivity index (χ0) is 13.2. The molecule has 2 heterocycles. The van der Waals surface area contributed by atoms with Crippen molar-refractivity contribution in [1.29, 1.82) is 0 Å². The summed E-state index contributed by atoms with van der Waals surface area (Å²) in [6.07, 6.45) is 2.34. The predicted octanol–water partition coefficient (Wildman–Crippen LogP) is 3.70. The average Bonchev–Trinajstić information content (AvgIpc) is 2.80. The number of hydrogen-bond acceptors (Lipinski definition) is 4.